The van der Waals surface area contributed by atoms with Gasteiger partial charge >= 0.3 is 0 Å². The summed E-state index contributed by atoms with van der Waals surface area (Å²) in [6, 6.07) is 10.9. The molecule has 2 aliphatic heterocycles. The van der Waals surface area contributed by atoms with Crippen molar-refractivity contribution in [1.29, 1.82) is 0 Å². The minimum Gasteiger partial charge on any atom is -0.508 e. The summed E-state index contributed by atoms with van der Waals surface area (Å²) >= 11 is 0. The number of phenols is 1. The van der Waals surface area contributed by atoms with Crippen LogP contribution in [0.1, 0.15) is 29.5 Å². The highest BCUT2D eigenvalue weighted by molar-refractivity contribution is 7.89. The number of benzene rings is 2. The predicted octanol–water partition coefficient (Wildman–Crippen LogP) is 3.07. The van der Waals surface area contributed by atoms with E-state index in [0.717, 1.165) is 35.5 Å². The van der Waals surface area contributed by atoms with Gasteiger partial charge in [0.25, 0.3) is 0 Å². The highest BCUT2D eigenvalue weighted by atomic mass is 32.2. The molecule has 4 rings (SSSR count). The summed E-state index contributed by atoms with van der Waals surface area (Å²) in [4.78, 5) is 17.7. The lowest BCUT2D eigenvalue weighted by molar-refractivity contribution is -0.137. The summed E-state index contributed by atoms with van der Waals surface area (Å²) in [7, 11) is -3.57. The van der Waals surface area contributed by atoms with E-state index >= 15 is 0 Å². The molecular weight excluding hydrogens is 438 g/mol. The Kier molecular flexibility index (Phi) is 6.68. The van der Waals surface area contributed by atoms with E-state index in [4.69, 9.17) is 0 Å². The first-order valence-electron chi connectivity index (χ1n) is 11.6. The number of carbonyl (C=O) groups is 1. The third-order valence-electron chi connectivity index (χ3n) is 6.81. The van der Waals surface area contributed by atoms with Crippen molar-refractivity contribution in [3.05, 3.63) is 53.1 Å². The Morgan fingerprint density at radius 3 is 1.97 bits per heavy atom. The number of aromatic hydroxyl groups is 1. The molecule has 8 heteroatoms. The summed E-state index contributed by atoms with van der Waals surface area (Å²) in [5, 5.41) is 9.47. The molecule has 0 unspecified atom stereocenters. The fourth-order valence-corrected chi connectivity index (χ4v) is 7.03. The van der Waals surface area contributed by atoms with Crippen molar-refractivity contribution in [2.45, 2.75) is 38.5 Å². The Balaban J connectivity index is 1.34. The van der Waals surface area contributed by atoms with Crippen molar-refractivity contribution in [3.63, 3.8) is 0 Å². The highest BCUT2D eigenvalue weighted by Crippen LogP contribution is 2.30. The zero-order valence-electron chi connectivity index (χ0n) is 19.6. The van der Waals surface area contributed by atoms with Crippen LogP contribution < -0.4 is 4.90 Å². The van der Waals surface area contributed by atoms with Crippen LogP contribution in [0.3, 0.4) is 0 Å². The van der Waals surface area contributed by atoms with E-state index < -0.39 is 10.0 Å². The lowest BCUT2D eigenvalue weighted by Gasteiger charge is -2.39. The van der Waals surface area contributed by atoms with Crippen LogP contribution in [0.4, 0.5) is 5.69 Å². The molecule has 2 saturated heterocycles. The molecule has 33 heavy (non-hydrogen) atoms. The van der Waals surface area contributed by atoms with Gasteiger partial charge in [-0.3, -0.25) is 4.79 Å². The molecule has 7 nitrogen and oxygen atoms in total. The normalized spacial score (nSPS) is 18.5. The van der Waals surface area contributed by atoms with Crippen LogP contribution in [0.25, 0.3) is 0 Å². The van der Waals surface area contributed by atoms with Gasteiger partial charge in [-0.25, -0.2) is 8.42 Å². The van der Waals surface area contributed by atoms with E-state index in [0.29, 0.717) is 43.9 Å². The second kappa shape index (κ2) is 9.35. The lowest BCUT2D eigenvalue weighted by atomic mass is 9.96. The second-order valence-electron chi connectivity index (χ2n) is 9.23. The van der Waals surface area contributed by atoms with Crippen molar-refractivity contribution in [2.75, 3.05) is 44.2 Å². The average molecular weight is 472 g/mol. The molecule has 0 radical (unpaired) electrons. The van der Waals surface area contributed by atoms with Gasteiger partial charge in [-0.05, 0) is 69.0 Å². The number of aryl methyl sites for hydroxylation is 3. The van der Waals surface area contributed by atoms with Crippen LogP contribution in [-0.4, -0.2) is 67.9 Å². The lowest BCUT2D eigenvalue weighted by Crippen LogP contribution is -2.52. The van der Waals surface area contributed by atoms with E-state index in [1.165, 1.54) is 0 Å². The largest absolute Gasteiger partial charge is 0.508 e. The quantitative estimate of drug-likeness (QED) is 0.741. The van der Waals surface area contributed by atoms with E-state index in [1.807, 2.05) is 49.9 Å². The number of hydrogen-bond donors (Lipinski definition) is 1. The standard InChI is InChI=1S/C25H33N3O4S/c1-18-16-19(2)24(20(3)17-18)33(31,32)28-10-8-21(9-11-28)25(30)27-14-12-26(13-15-27)22-4-6-23(29)7-5-22/h4-7,16-17,21,29H,8-15H2,1-3H3. The maximum Gasteiger partial charge on any atom is 0.243 e. The zero-order chi connectivity index (χ0) is 23.8. The number of hydrogen-bond acceptors (Lipinski definition) is 5. The Morgan fingerprint density at radius 2 is 1.42 bits per heavy atom. The van der Waals surface area contributed by atoms with E-state index in [1.54, 1.807) is 16.4 Å². The number of piperazine rings is 1. The van der Waals surface area contributed by atoms with Gasteiger partial charge in [0, 0.05) is 50.9 Å². The van der Waals surface area contributed by atoms with Gasteiger partial charge < -0.3 is 14.9 Å². The minimum absolute atomic E-state index is 0.128. The summed E-state index contributed by atoms with van der Waals surface area (Å²) < 4.78 is 28.2. The zero-order valence-corrected chi connectivity index (χ0v) is 20.4. The maximum atomic E-state index is 13.3. The average Bonchev–Trinajstić information content (AvgIpc) is 2.78. The van der Waals surface area contributed by atoms with Gasteiger partial charge in [-0.1, -0.05) is 17.7 Å². The predicted molar refractivity (Wildman–Crippen MR) is 129 cm³/mol. The number of sulfonamides is 1. The molecule has 2 fully saturated rings. The second-order valence-corrected chi connectivity index (χ2v) is 11.1. The number of nitrogens with zero attached hydrogens (tertiary/aromatic N) is 3. The third kappa shape index (κ3) is 4.87. The monoisotopic (exact) mass is 471 g/mol. The summed E-state index contributed by atoms with van der Waals surface area (Å²) in [5.74, 6) is 0.255. The minimum atomic E-state index is -3.57. The number of anilines is 1. The van der Waals surface area contributed by atoms with Gasteiger partial charge in [0.2, 0.25) is 15.9 Å². The smallest absolute Gasteiger partial charge is 0.243 e. The first-order chi connectivity index (χ1) is 15.7. The molecule has 2 aliphatic rings. The number of rotatable bonds is 4. The van der Waals surface area contributed by atoms with Crippen LogP contribution in [0, 0.1) is 26.7 Å². The number of amides is 1. The first kappa shape index (κ1) is 23.6. The third-order valence-corrected chi connectivity index (χ3v) is 9.02. The molecule has 0 atom stereocenters. The Labute approximate surface area is 196 Å². The van der Waals surface area contributed by atoms with Gasteiger partial charge in [0.15, 0.2) is 0 Å². The number of piperidine rings is 1. The molecule has 2 heterocycles. The molecular formula is C25H33N3O4S. The Hall–Kier alpha value is -2.58. The van der Waals surface area contributed by atoms with Gasteiger partial charge in [-0.2, -0.15) is 4.31 Å². The fourth-order valence-electron chi connectivity index (χ4n) is 5.15. The molecule has 0 saturated carbocycles. The van der Waals surface area contributed by atoms with Crippen molar-refractivity contribution in [2.24, 2.45) is 5.92 Å². The number of carbonyl (C=O) groups excluding carboxylic acids is 1. The van der Waals surface area contributed by atoms with Crippen LogP contribution in [0.2, 0.25) is 0 Å². The Bertz CT molecular complexity index is 1090. The van der Waals surface area contributed by atoms with Crippen molar-refractivity contribution < 1.29 is 18.3 Å². The highest BCUT2D eigenvalue weighted by Gasteiger charge is 2.35. The maximum absolute atomic E-state index is 13.3. The molecule has 0 spiro atoms. The van der Waals surface area contributed by atoms with Crippen LogP contribution in [0.15, 0.2) is 41.3 Å². The molecule has 2 aromatic rings. The van der Waals surface area contributed by atoms with Crippen LogP contribution in [0.5, 0.6) is 5.75 Å². The summed E-state index contributed by atoms with van der Waals surface area (Å²) in [6.07, 6.45) is 1.11. The molecule has 0 aliphatic carbocycles. The fraction of sp³-hybridized carbons (Fsp3) is 0.480. The van der Waals surface area contributed by atoms with E-state index in [2.05, 4.69) is 4.90 Å². The van der Waals surface area contributed by atoms with Crippen LogP contribution >= 0.6 is 0 Å². The van der Waals surface area contributed by atoms with E-state index in [-0.39, 0.29) is 17.6 Å². The molecule has 2 aromatic carbocycles. The molecule has 1 amide bonds. The van der Waals surface area contributed by atoms with Gasteiger partial charge in [0.1, 0.15) is 5.75 Å². The summed E-state index contributed by atoms with van der Waals surface area (Å²) in [6.45, 7) is 9.21. The molecule has 0 aromatic heterocycles. The molecule has 1 N–H and O–H groups in total. The SMILES string of the molecule is Cc1cc(C)c(S(=O)(=O)N2CCC(C(=O)N3CCN(c4ccc(O)cc4)CC3)CC2)c(C)c1. The van der Waals surface area contributed by atoms with Crippen molar-refractivity contribution in [1.82, 2.24) is 9.21 Å². The van der Waals surface area contributed by atoms with Gasteiger partial charge in [0.05, 0.1) is 4.90 Å². The van der Waals surface area contributed by atoms with Crippen molar-refractivity contribution >= 4 is 21.6 Å². The molecule has 0 bridgehead atoms. The topological polar surface area (TPSA) is 81.2 Å². The van der Waals surface area contributed by atoms with E-state index in [9.17, 15) is 18.3 Å². The van der Waals surface area contributed by atoms with Crippen molar-refractivity contribution in [3.8, 4) is 5.75 Å². The summed E-state index contributed by atoms with van der Waals surface area (Å²) in [5.41, 5.74) is 3.65. The number of phenolic OH excluding ortho intramolecular Hbond substituents is 1. The first-order valence-corrected chi connectivity index (χ1v) is 13.0. The van der Waals surface area contributed by atoms with Crippen LogP contribution in [-0.2, 0) is 14.8 Å². The Morgan fingerprint density at radius 1 is 0.879 bits per heavy atom. The molecule has 178 valence electrons. The van der Waals surface area contributed by atoms with Gasteiger partial charge in [-0.15, -0.1) is 0 Å².